The Hall–Kier alpha value is -3.28. The van der Waals surface area contributed by atoms with E-state index < -0.39 is 23.5 Å². The van der Waals surface area contributed by atoms with Gasteiger partial charge in [0.25, 0.3) is 5.91 Å². The van der Waals surface area contributed by atoms with E-state index >= 15 is 0 Å². The fraction of sp³-hybridized carbons (Fsp3) is 0.120. The number of hydrogen-bond acceptors (Lipinski definition) is 8. The maximum atomic E-state index is 13.4. The summed E-state index contributed by atoms with van der Waals surface area (Å²) in [5, 5.41) is 19.4. The van der Waals surface area contributed by atoms with Crippen LogP contribution in [0.3, 0.4) is 0 Å². The standard InChI is InChI=1S/C25H17BrFN3O4S2/c1-13-2-11-18(34-13)21(31)19-20(15-5-7-16(26)8-6-15)30(23(33)22(19)32)24-28-29-25(36-24)35-12-14-3-9-17(27)10-4-14/h2-11,20,32H,12H2,1H3. The quantitative estimate of drug-likeness (QED) is 0.152. The zero-order valence-corrected chi connectivity index (χ0v) is 21.9. The number of furan rings is 1. The highest BCUT2D eigenvalue weighted by Gasteiger charge is 2.46. The zero-order valence-electron chi connectivity index (χ0n) is 18.6. The first-order valence-corrected chi connectivity index (χ1v) is 13.3. The van der Waals surface area contributed by atoms with Gasteiger partial charge in [-0.15, -0.1) is 10.2 Å². The predicted molar refractivity (Wildman–Crippen MR) is 138 cm³/mol. The summed E-state index contributed by atoms with van der Waals surface area (Å²) in [6.07, 6.45) is 0. The monoisotopic (exact) mass is 585 g/mol. The molecule has 182 valence electrons. The molecule has 0 fully saturated rings. The van der Waals surface area contributed by atoms with Crippen molar-refractivity contribution in [2.45, 2.75) is 23.1 Å². The van der Waals surface area contributed by atoms with Crippen LogP contribution in [0, 0.1) is 12.7 Å². The number of carbonyl (C=O) groups is 2. The first-order chi connectivity index (χ1) is 17.3. The summed E-state index contributed by atoms with van der Waals surface area (Å²) in [7, 11) is 0. The van der Waals surface area contributed by atoms with Gasteiger partial charge in [0.05, 0.1) is 11.6 Å². The van der Waals surface area contributed by atoms with Gasteiger partial charge in [0, 0.05) is 10.2 Å². The number of Topliss-reactive ketones (excluding diaryl/α,β-unsaturated/α-hetero) is 1. The number of halogens is 2. The molecule has 0 bridgehead atoms. The van der Waals surface area contributed by atoms with Gasteiger partial charge in [-0.25, -0.2) is 4.39 Å². The van der Waals surface area contributed by atoms with E-state index in [0.717, 1.165) is 21.4 Å². The highest BCUT2D eigenvalue weighted by molar-refractivity contribution is 9.10. The molecule has 5 rings (SSSR count). The number of aliphatic hydroxyl groups is 1. The van der Waals surface area contributed by atoms with Crippen molar-refractivity contribution < 1.29 is 23.5 Å². The Morgan fingerprint density at radius 3 is 2.53 bits per heavy atom. The van der Waals surface area contributed by atoms with Gasteiger partial charge in [0.2, 0.25) is 10.9 Å². The molecule has 2 aromatic heterocycles. The van der Waals surface area contributed by atoms with Crippen LogP contribution < -0.4 is 4.90 Å². The van der Waals surface area contributed by atoms with Gasteiger partial charge in [-0.1, -0.05) is 63.3 Å². The number of amides is 1. The van der Waals surface area contributed by atoms with Crippen molar-refractivity contribution in [1.29, 1.82) is 0 Å². The molecule has 3 heterocycles. The van der Waals surface area contributed by atoms with Crippen LogP contribution in [0.2, 0.25) is 0 Å². The van der Waals surface area contributed by atoms with Crippen LogP contribution in [0.25, 0.3) is 0 Å². The third-order valence-corrected chi connectivity index (χ3v) is 8.14. The minimum atomic E-state index is -0.925. The SMILES string of the molecule is Cc1ccc(C(=O)C2=C(O)C(=O)N(c3nnc(SCc4ccc(F)cc4)s3)C2c2ccc(Br)cc2)o1. The maximum Gasteiger partial charge on any atom is 0.296 e. The Morgan fingerprint density at radius 1 is 1.14 bits per heavy atom. The molecule has 2 aromatic carbocycles. The van der Waals surface area contributed by atoms with E-state index in [1.165, 1.54) is 34.9 Å². The van der Waals surface area contributed by atoms with Crippen molar-refractivity contribution in [1.82, 2.24) is 10.2 Å². The average Bonchev–Trinajstić information content (AvgIpc) is 3.58. The summed E-state index contributed by atoms with van der Waals surface area (Å²) >= 11 is 5.95. The molecule has 7 nitrogen and oxygen atoms in total. The Balaban J connectivity index is 1.48. The molecule has 4 aromatic rings. The van der Waals surface area contributed by atoms with Gasteiger partial charge in [-0.3, -0.25) is 14.5 Å². The van der Waals surface area contributed by atoms with E-state index in [2.05, 4.69) is 26.1 Å². The highest BCUT2D eigenvalue weighted by atomic mass is 79.9. The van der Waals surface area contributed by atoms with Crippen molar-refractivity contribution >= 4 is 55.9 Å². The van der Waals surface area contributed by atoms with Gasteiger partial charge in [0.15, 0.2) is 15.9 Å². The number of nitrogens with zero attached hydrogens (tertiary/aromatic N) is 3. The number of thioether (sulfide) groups is 1. The van der Waals surface area contributed by atoms with Crippen LogP contribution in [0.1, 0.15) is 33.5 Å². The lowest BCUT2D eigenvalue weighted by Gasteiger charge is -2.23. The summed E-state index contributed by atoms with van der Waals surface area (Å²) in [6, 6.07) is 15.5. The minimum absolute atomic E-state index is 0.0265. The van der Waals surface area contributed by atoms with Gasteiger partial charge in [0.1, 0.15) is 11.6 Å². The maximum absolute atomic E-state index is 13.4. The fourth-order valence-corrected chi connectivity index (χ4v) is 5.86. The van der Waals surface area contributed by atoms with E-state index in [9.17, 15) is 19.1 Å². The van der Waals surface area contributed by atoms with E-state index in [4.69, 9.17) is 4.42 Å². The van der Waals surface area contributed by atoms with Crippen LogP contribution in [0.15, 0.2) is 85.2 Å². The molecule has 0 aliphatic carbocycles. The van der Waals surface area contributed by atoms with Crippen molar-refractivity contribution in [2.24, 2.45) is 0 Å². The van der Waals surface area contributed by atoms with Crippen molar-refractivity contribution in [3.63, 3.8) is 0 Å². The molecule has 11 heteroatoms. The number of benzene rings is 2. The zero-order chi connectivity index (χ0) is 25.4. The summed E-state index contributed by atoms with van der Waals surface area (Å²) in [5.41, 5.74) is 1.43. The topological polar surface area (TPSA) is 96.5 Å². The molecule has 0 saturated carbocycles. The van der Waals surface area contributed by atoms with Gasteiger partial charge in [-0.05, 0) is 54.4 Å². The summed E-state index contributed by atoms with van der Waals surface area (Å²) < 4.78 is 20.1. The Labute approximate surface area is 221 Å². The normalized spacial score (nSPS) is 15.7. The summed E-state index contributed by atoms with van der Waals surface area (Å²) in [6.45, 7) is 1.70. The predicted octanol–water partition coefficient (Wildman–Crippen LogP) is 6.42. The van der Waals surface area contributed by atoms with Crippen molar-refractivity contribution in [3.8, 4) is 0 Å². The van der Waals surface area contributed by atoms with Crippen molar-refractivity contribution in [3.05, 3.63) is 105 Å². The Bertz CT molecular complexity index is 1480. The molecule has 1 atom stereocenters. The lowest BCUT2D eigenvalue weighted by Crippen LogP contribution is -2.31. The van der Waals surface area contributed by atoms with Crippen LogP contribution in [-0.4, -0.2) is 27.0 Å². The lowest BCUT2D eigenvalue weighted by atomic mass is 9.95. The van der Waals surface area contributed by atoms with Crippen LogP contribution >= 0.6 is 39.0 Å². The smallest absolute Gasteiger partial charge is 0.296 e. The van der Waals surface area contributed by atoms with E-state index in [0.29, 0.717) is 21.4 Å². The third-order valence-electron chi connectivity index (χ3n) is 5.48. The number of aryl methyl sites for hydroxylation is 1. The molecule has 1 aliphatic rings. The molecule has 0 spiro atoms. The second-order valence-corrected chi connectivity index (χ2v) is 11.0. The molecule has 1 amide bonds. The Kier molecular flexibility index (Phi) is 6.78. The number of aliphatic hydroxyl groups excluding tert-OH is 1. The molecule has 0 radical (unpaired) electrons. The summed E-state index contributed by atoms with van der Waals surface area (Å²) in [4.78, 5) is 27.9. The fourth-order valence-electron chi connectivity index (χ4n) is 3.77. The molecule has 0 saturated heterocycles. The van der Waals surface area contributed by atoms with Crippen LogP contribution in [-0.2, 0) is 10.5 Å². The largest absolute Gasteiger partial charge is 0.503 e. The second-order valence-electron chi connectivity index (χ2n) is 7.90. The van der Waals surface area contributed by atoms with E-state index in [1.807, 2.05) is 0 Å². The number of hydrogen-bond donors (Lipinski definition) is 1. The Morgan fingerprint density at radius 2 is 1.86 bits per heavy atom. The number of rotatable bonds is 7. The highest BCUT2D eigenvalue weighted by Crippen LogP contribution is 2.44. The van der Waals surface area contributed by atoms with Gasteiger partial charge < -0.3 is 9.52 Å². The molecule has 1 unspecified atom stereocenters. The first kappa shape index (κ1) is 24.4. The minimum Gasteiger partial charge on any atom is -0.503 e. The molecular weight excluding hydrogens is 569 g/mol. The molecular formula is C25H17BrFN3O4S2. The van der Waals surface area contributed by atoms with Gasteiger partial charge in [-0.2, -0.15) is 0 Å². The average molecular weight is 586 g/mol. The molecule has 1 N–H and O–H groups in total. The van der Waals surface area contributed by atoms with Gasteiger partial charge >= 0.3 is 0 Å². The number of aromatic nitrogens is 2. The summed E-state index contributed by atoms with van der Waals surface area (Å²) in [5.74, 6) is -1.20. The van der Waals surface area contributed by atoms with Crippen molar-refractivity contribution in [2.75, 3.05) is 4.90 Å². The second kappa shape index (κ2) is 10.00. The number of carbonyl (C=O) groups excluding carboxylic acids is 2. The lowest BCUT2D eigenvalue weighted by molar-refractivity contribution is -0.117. The van der Waals surface area contributed by atoms with Crippen LogP contribution in [0.4, 0.5) is 9.52 Å². The number of ketones is 1. The first-order valence-electron chi connectivity index (χ1n) is 10.7. The van der Waals surface area contributed by atoms with E-state index in [1.54, 1.807) is 49.4 Å². The number of anilines is 1. The van der Waals surface area contributed by atoms with E-state index in [-0.39, 0.29) is 22.3 Å². The molecule has 36 heavy (non-hydrogen) atoms. The van der Waals surface area contributed by atoms with Crippen LogP contribution in [0.5, 0.6) is 0 Å². The third kappa shape index (κ3) is 4.73. The molecule has 1 aliphatic heterocycles.